The summed E-state index contributed by atoms with van der Waals surface area (Å²) in [7, 11) is 0. The van der Waals surface area contributed by atoms with Crippen LogP contribution in [0.3, 0.4) is 0 Å². The SMILES string of the molecule is O=C(C(OC(=O)C(F)(F)F)n1nc(C2CNC2)c2c(Cl)c(F)ccc21)N1CCC[C@H]1C(F)(F)F. The summed E-state index contributed by atoms with van der Waals surface area (Å²) >= 11 is 6.06. The molecule has 1 unspecified atom stereocenters. The number of likely N-dealkylation sites (tertiary alicyclic amines) is 1. The predicted octanol–water partition coefficient (Wildman–Crippen LogP) is 3.67. The molecule has 1 N–H and O–H groups in total. The molecule has 2 aliphatic heterocycles. The highest BCUT2D eigenvalue weighted by Crippen LogP contribution is 2.38. The quantitative estimate of drug-likeness (QED) is 0.496. The van der Waals surface area contributed by atoms with E-state index >= 15 is 0 Å². The first-order valence-electron chi connectivity index (χ1n) is 10.0. The number of fused-ring (bicyclic) bond motifs is 1. The molecule has 34 heavy (non-hydrogen) atoms. The maximum atomic E-state index is 14.2. The second-order valence-electron chi connectivity index (χ2n) is 7.93. The number of ether oxygens (including phenoxy) is 1. The van der Waals surface area contributed by atoms with Crippen LogP contribution in [0, 0.1) is 5.82 Å². The van der Waals surface area contributed by atoms with E-state index in [4.69, 9.17) is 11.6 Å². The first-order chi connectivity index (χ1) is 15.8. The molecule has 0 bridgehead atoms. The zero-order valence-corrected chi connectivity index (χ0v) is 17.8. The van der Waals surface area contributed by atoms with E-state index in [9.17, 15) is 40.3 Å². The van der Waals surface area contributed by atoms with Gasteiger partial charge < -0.3 is 15.0 Å². The van der Waals surface area contributed by atoms with Crippen LogP contribution in [-0.2, 0) is 14.3 Å². The summed E-state index contributed by atoms with van der Waals surface area (Å²) < 4.78 is 98.3. The molecule has 2 atom stereocenters. The van der Waals surface area contributed by atoms with E-state index in [1.807, 2.05) is 0 Å². The van der Waals surface area contributed by atoms with Gasteiger partial charge in [-0.25, -0.2) is 13.9 Å². The average molecular weight is 517 g/mol. The Morgan fingerprint density at radius 3 is 2.41 bits per heavy atom. The first-order valence-corrected chi connectivity index (χ1v) is 10.4. The second kappa shape index (κ2) is 8.56. The fourth-order valence-electron chi connectivity index (χ4n) is 4.03. The molecule has 2 aliphatic rings. The van der Waals surface area contributed by atoms with Crippen LogP contribution in [0.5, 0.6) is 0 Å². The number of nitrogens with zero attached hydrogens (tertiary/aromatic N) is 3. The van der Waals surface area contributed by atoms with E-state index in [0.717, 1.165) is 12.1 Å². The standard InChI is InChI=1S/C19H16ClF7N4O3/c20-13-9(21)3-4-10-12(13)14(8-6-28-7-8)29-31(10)16(34-17(33)19(25,26)27)15(32)30-5-1-2-11(30)18(22,23)24/h3-4,8,11,16,28H,1-2,5-7H2/t11-,16?/m0/s1. The lowest BCUT2D eigenvalue weighted by atomic mass is 9.96. The van der Waals surface area contributed by atoms with Gasteiger partial charge >= 0.3 is 18.3 Å². The van der Waals surface area contributed by atoms with E-state index in [0.29, 0.717) is 22.7 Å². The fourth-order valence-corrected chi connectivity index (χ4v) is 4.28. The summed E-state index contributed by atoms with van der Waals surface area (Å²) in [5, 5.41) is 6.52. The Morgan fingerprint density at radius 2 is 1.85 bits per heavy atom. The molecule has 7 nitrogen and oxygen atoms in total. The summed E-state index contributed by atoms with van der Waals surface area (Å²) in [6, 6.07) is -0.371. The van der Waals surface area contributed by atoms with Crippen LogP contribution in [0.4, 0.5) is 30.7 Å². The van der Waals surface area contributed by atoms with Crippen LogP contribution >= 0.6 is 11.6 Å². The van der Waals surface area contributed by atoms with Gasteiger partial charge in [-0.2, -0.15) is 31.4 Å². The molecule has 2 fully saturated rings. The van der Waals surface area contributed by atoms with E-state index in [-0.39, 0.29) is 28.9 Å². The van der Waals surface area contributed by atoms with E-state index in [1.165, 1.54) is 0 Å². The molecular formula is C19H16ClF7N4O3. The van der Waals surface area contributed by atoms with Gasteiger partial charge in [-0.05, 0) is 25.0 Å². The van der Waals surface area contributed by atoms with Gasteiger partial charge in [0, 0.05) is 30.9 Å². The molecule has 1 aromatic heterocycles. The number of nitrogens with one attached hydrogen (secondary N) is 1. The van der Waals surface area contributed by atoms with Crippen molar-refractivity contribution in [2.24, 2.45) is 0 Å². The molecule has 0 aliphatic carbocycles. The van der Waals surface area contributed by atoms with Gasteiger partial charge in [0.15, 0.2) is 0 Å². The molecule has 1 amide bonds. The van der Waals surface area contributed by atoms with Gasteiger partial charge in [-0.1, -0.05) is 11.6 Å². The molecule has 2 saturated heterocycles. The summed E-state index contributed by atoms with van der Waals surface area (Å²) in [4.78, 5) is 25.1. The Hall–Kier alpha value is -2.61. The van der Waals surface area contributed by atoms with Gasteiger partial charge in [-0.3, -0.25) is 4.79 Å². The third kappa shape index (κ3) is 4.28. The second-order valence-corrected chi connectivity index (χ2v) is 8.31. The van der Waals surface area contributed by atoms with Crippen LogP contribution < -0.4 is 5.32 Å². The molecular weight excluding hydrogens is 501 g/mol. The number of aromatic nitrogens is 2. The zero-order valence-electron chi connectivity index (χ0n) is 17.0. The number of hydrogen-bond acceptors (Lipinski definition) is 5. The van der Waals surface area contributed by atoms with E-state index in [1.54, 1.807) is 0 Å². The molecule has 0 spiro atoms. The number of halogens is 8. The van der Waals surface area contributed by atoms with Crippen molar-refractivity contribution >= 4 is 34.4 Å². The number of esters is 1. The van der Waals surface area contributed by atoms with Crippen LogP contribution in [0.2, 0.25) is 5.02 Å². The largest absolute Gasteiger partial charge is 0.491 e. The first kappa shape index (κ1) is 24.5. The predicted molar refractivity (Wildman–Crippen MR) is 102 cm³/mol. The van der Waals surface area contributed by atoms with Crippen molar-refractivity contribution < 1.29 is 45.1 Å². The van der Waals surface area contributed by atoms with Crippen molar-refractivity contribution in [3.63, 3.8) is 0 Å². The van der Waals surface area contributed by atoms with Crippen molar-refractivity contribution in [1.29, 1.82) is 0 Å². The van der Waals surface area contributed by atoms with Crippen LogP contribution in [0.1, 0.15) is 30.7 Å². The normalized spacial score (nSPS) is 20.5. The molecule has 0 saturated carbocycles. The smallest absolute Gasteiger partial charge is 0.423 e. The summed E-state index contributed by atoms with van der Waals surface area (Å²) in [6.07, 6.45) is -13.5. The van der Waals surface area contributed by atoms with Crippen LogP contribution in [0.15, 0.2) is 12.1 Å². The summed E-state index contributed by atoms with van der Waals surface area (Å²) in [5.74, 6) is -5.58. The summed E-state index contributed by atoms with van der Waals surface area (Å²) in [6.45, 7) is 0.279. The number of rotatable bonds is 4. The Labute approximate surface area is 191 Å². The fraction of sp³-hybridized carbons (Fsp3) is 0.526. The number of carbonyl (C=O) groups excluding carboxylic acids is 2. The molecule has 0 radical (unpaired) electrons. The number of alkyl halides is 6. The van der Waals surface area contributed by atoms with Gasteiger partial charge in [-0.15, -0.1) is 0 Å². The van der Waals surface area contributed by atoms with Gasteiger partial charge in [0.25, 0.3) is 12.1 Å². The Bertz CT molecular complexity index is 1130. The molecule has 2 aromatic rings. The van der Waals surface area contributed by atoms with Gasteiger partial charge in [0.1, 0.15) is 11.9 Å². The van der Waals surface area contributed by atoms with Crippen LogP contribution in [-0.4, -0.2) is 64.6 Å². The number of carbonyl (C=O) groups is 2. The van der Waals surface area contributed by atoms with Crippen LogP contribution in [0.25, 0.3) is 10.9 Å². The molecule has 3 heterocycles. The highest BCUT2D eigenvalue weighted by Gasteiger charge is 2.51. The Morgan fingerprint density at radius 1 is 1.18 bits per heavy atom. The molecule has 1 aromatic carbocycles. The number of benzene rings is 1. The lowest BCUT2D eigenvalue weighted by Gasteiger charge is -2.30. The van der Waals surface area contributed by atoms with Gasteiger partial charge in [0.05, 0.1) is 16.2 Å². The number of amides is 1. The zero-order chi connectivity index (χ0) is 25.0. The van der Waals surface area contributed by atoms with Crippen molar-refractivity contribution in [1.82, 2.24) is 20.0 Å². The highest BCUT2D eigenvalue weighted by molar-refractivity contribution is 6.35. The lowest BCUT2D eigenvalue weighted by molar-refractivity contribution is -0.214. The van der Waals surface area contributed by atoms with Crippen molar-refractivity contribution in [3.05, 3.63) is 28.7 Å². The van der Waals surface area contributed by atoms with Crippen molar-refractivity contribution in [2.45, 2.75) is 43.4 Å². The van der Waals surface area contributed by atoms with Crippen molar-refractivity contribution in [3.8, 4) is 0 Å². The minimum absolute atomic E-state index is 0.0391. The monoisotopic (exact) mass is 516 g/mol. The topological polar surface area (TPSA) is 76.5 Å². The minimum atomic E-state index is -5.54. The molecule has 186 valence electrons. The molecule has 4 rings (SSSR count). The third-order valence-electron chi connectivity index (χ3n) is 5.76. The Balaban J connectivity index is 1.85. The minimum Gasteiger partial charge on any atom is -0.423 e. The van der Waals surface area contributed by atoms with E-state index < -0.39 is 60.3 Å². The van der Waals surface area contributed by atoms with Crippen molar-refractivity contribution in [2.75, 3.05) is 19.6 Å². The lowest BCUT2D eigenvalue weighted by Crippen LogP contribution is -2.48. The number of hydrogen-bond donors (Lipinski definition) is 1. The van der Waals surface area contributed by atoms with E-state index in [2.05, 4.69) is 15.2 Å². The maximum absolute atomic E-state index is 14.2. The van der Waals surface area contributed by atoms with Gasteiger partial charge in [0.2, 0.25) is 0 Å². The Kier molecular flexibility index (Phi) is 6.17. The highest BCUT2D eigenvalue weighted by atomic mass is 35.5. The molecule has 15 heteroatoms. The average Bonchev–Trinajstić information content (AvgIpc) is 3.32. The third-order valence-corrected chi connectivity index (χ3v) is 6.13. The summed E-state index contributed by atoms with van der Waals surface area (Å²) in [5.41, 5.74) is -0.0720. The maximum Gasteiger partial charge on any atom is 0.491 e.